The van der Waals surface area contributed by atoms with E-state index < -0.39 is 0 Å². The van der Waals surface area contributed by atoms with Crippen LogP contribution in [0.2, 0.25) is 0 Å². The third kappa shape index (κ3) is 2.89. The first-order chi connectivity index (χ1) is 9.74. The van der Waals surface area contributed by atoms with Crippen molar-refractivity contribution in [3.8, 4) is 0 Å². The number of fused-ring (bicyclic) bond motifs is 1. The number of likely N-dealkylation sites (N-methyl/N-ethyl adjacent to an activating group) is 1. The van der Waals surface area contributed by atoms with Crippen molar-refractivity contribution in [3.05, 3.63) is 35.6 Å². The smallest absolute Gasteiger partial charge is 0.134 e. The van der Waals surface area contributed by atoms with Crippen LogP contribution >= 0.6 is 0 Å². The molecule has 3 nitrogen and oxygen atoms in total. The van der Waals surface area contributed by atoms with Crippen molar-refractivity contribution in [1.82, 2.24) is 9.80 Å². The van der Waals surface area contributed by atoms with Crippen LogP contribution in [0.4, 0.5) is 0 Å². The number of hydrogen-bond acceptors (Lipinski definition) is 3. The van der Waals surface area contributed by atoms with Gasteiger partial charge in [0.15, 0.2) is 0 Å². The van der Waals surface area contributed by atoms with Gasteiger partial charge in [-0.25, -0.2) is 0 Å². The highest BCUT2D eigenvalue weighted by Crippen LogP contribution is 2.25. The molecule has 0 spiro atoms. The van der Waals surface area contributed by atoms with E-state index in [1.165, 1.54) is 55.9 Å². The van der Waals surface area contributed by atoms with E-state index in [1.807, 2.05) is 6.07 Å². The zero-order chi connectivity index (χ0) is 13.9. The van der Waals surface area contributed by atoms with Crippen LogP contribution in [0.15, 0.2) is 28.7 Å². The van der Waals surface area contributed by atoms with Crippen molar-refractivity contribution in [2.75, 3.05) is 39.8 Å². The van der Waals surface area contributed by atoms with E-state index in [0.29, 0.717) is 0 Å². The summed E-state index contributed by atoms with van der Waals surface area (Å²) in [6.45, 7) is 8.17. The molecule has 108 valence electrons. The molecule has 3 rings (SSSR count). The SMILES string of the molecule is Cc1c(CCCN2CCN(C)CC2)oc2ccccc12. The van der Waals surface area contributed by atoms with Crippen molar-refractivity contribution >= 4 is 11.0 Å². The van der Waals surface area contributed by atoms with Gasteiger partial charge in [0.05, 0.1) is 0 Å². The maximum Gasteiger partial charge on any atom is 0.134 e. The Hall–Kier alpha value is -1.32. The first kappa shape index (κ1) is 13.7. The quantitative estimate of drug-likeness (QED) is 0.853. The average molecular weight is 272 g/mol. The standard InChI is InChI=1S/C17H24N2O/c1-14-15-6-3-4-7-17(15)20-16(14)8-5-9-19-12-10-18(2)11-13-19/h3-4,6-7H,5,8-13H2,1-2H3. The summed E-state index contributed by atoms with van der Waals surface area (Å²) in [5.74, 6) is 1.17. The highest BCUT2D eigenvalue weighted by Gasteiger charge is 2.14. The van der Waals surface area contributed by atoms with Crippen molar-refractivity contribution < 1.29 is 4.42 Å². The third-order valence-electron chi connectivity index (χ3n) is 4.42. The van der Waals surface area contributed by atoms with Gasteiger partial charge in [-0.1, -0.05) is 18.2 Å². The second kappa shape index (κ2) is 5.98. The molecule has 0 amide bonds. The molecular formula is C17H24N2O. The van der Waals surface area contributed by atoms with Crippen LogP contribution in [-0.2, 0) is 6.42 Å². The summed E-state index contributed by atoms with van der Waals surface area (Å²) in [6.07, 6.45) is 2.23. The van der Waals surface area contributed by atoms with Gasteiger partial charge in [-0.3, -0.25) is 0 Å². The predicted molar refractivity (Wildman–Crippen MR) is 83.2 cm³/mol. The summed E-state index contributed by atoms with van der Waals surface area (Å²) in [5, 5.41) is 1.27. The number of hydrogen-bond donors (Lipinski definition) is 0. The van der Waals surface area contributed by atoms with E-state index >= 15 is 0 Å². The Morgan fingerprint density at radius 3 is 2.60 bits per heavy atom. The minimum absolute atomic E-state index is 1.03. The first-order valence-corrected chi connectivity index (χ1v) is 7.62. The largest absolute Gasteiger partial charge is 0.461 e. The minimum Gasteiger partial charge on any atom is -0.461 e. The molecule has 20 heavy (non-hydrogen) atoms. The number of para-hydroxylation sites is 1. The van der Waals surface area contributed by atoms with Gasteiger partial charge in [0.2, 0.25) is 0 Å². The fourth-order valence-electron chi connectivity index (χ4n) is 3.00. The lowest BCUT2D eigenvalue weighted by Gasteiger charge is -2.32. The molecule has 2 heterocycles. The predicted octanol–water partition coefficient (Wildman–Crippen LogP) is 2.92. The number of furan rings is 1. The van der Waals surface area contributed by atoms with E-state index in [1.54, 1.807) is 0 Å². The molecule has 2 aromatic rings. The topological polar surface area (TPSA) is 19.6 Å². The highest BCUT2D eigenvalue weighted by atomic mass is 16.3. The van der Waals surface area contributed by atoms with Gasteiger partial charge in [0, 0.05) is 38.0 Å². The Bertz CT molecular complexity index is 567. The number of aryl methyl sites for hydroxylation is 2. The Morgan fingerprint density at radius 1 is 1.10 bits per heavy atom. The Morgan fingerprint density at radius 2 is 1.85 bits per heavy atom. The maximum atomic E-state index is 5.98. The van der Waals surface area contributed by atoms with Gasteiger partial charge in [-0.15, -0.1) is 0 Å². The molecule has 1 aliphatic rings. The molecule has 1 saturated heterocycles. The van der Waals surface area contributed by atoms with Crippen LogP contribution in [0.5, 0.6) is 0 Å². The summed E-state index contributed by atoms with van der Waals surface area (Å²) in [6, 6.07) is 8.34. The van der Waals surface area contributed by atoms with E-state index in [0.717, 1.165) is 12.0 Å². The van der Waals surface area contributed by atoms with Gasteiger partial charge in [-0.2, -0.15) is 0 Å². The fraction of sp³-hybridized carbons (Fsp3) is 0.529. The third-order valence-corrected chi connectivity index (χ3v) is 4.42. The number of piperazine rings is 1. The fourth-order valence-corrected chi connectivity index (χ4v) is 3.00. The molecule has 1 aromatic heterocycles. The summed E-state index contributed by atoms with van der Waals surface area (Å²) in [4.78, 5) is 4.97. The first-order valence-electron chi connectivity index (χ1n) is 7.62. The average Bonchev–Trinajstić information content (AvgIpc) is 2.78. The molecule has 1 aliphatic heterocycles. The van der Waals surface area contributed by atoms with Crippen LogP contribution in [-0.4, -0.2) is 49.6 Å². The monoisotopic (exact) mass is 272 g/mol. The molecule has 0 radical (unpaired) electrons. The van der Waals surface area contributed by atoms with E-state index in [4.69, 9.17) is 4.42 Å². The van der Waals surface area contributed by atoms with Crippen molar-refractivity contribution in [1.29, 1.82) is 0 Å². The zero-order valence-electron chi connectivity index (χ0n) is 12.6. The molecule has 0 atom stereocenters. The Balaban J connectivity index is 1.56. The van der Waals surface area contributed by atoms with Crippen LogP contribution in [0, 0.1) is 6.92 Å². The van der Waals surface area contributed by atoms with Crippen LogP contribution in [0.25, 0.3) is 11.0 Å². The summed E-state index contributed by atoms with van der Waals surface area (Å²) < 4.78 is 5.98. The van der Waals surface area contributed by atoms with Crippen LogP contribution < -0.4 is 0 Å². The van der Waals surface area contributed by atoms with E-state index in [-0.39, 0.29) is 0 Å². The maximum absolute atomic E-state index is 5.98. The second-order valence-corrected chi connectivity index (χ2v) is 5.89. The highest BCUT2D eigenvalue weighted by molar-refractivity contribution is 5.81. The van der Waals surface area contributed by atoms with Gasteiger partial charge in [-0.05, 0) is 38.6 Å². The van der Waals surface area contributed by atoms with E-state index in [2.05, 4.69) is 42.0 Å². The van der Waals surface area contributed by atoms with Crippen molar-refractivity contribution in [2.24, 2.45) is 0 Å². The molecule has 0 aliphatic carbocycles. The van der Waals surface area contributed by atoms with Gasteiger partial charge >= 0.3 is 0 Å². The van der Waals surface area contributed by atoms with Gasteiger partial charge in [0.1, 0.15) is 11.3 Å². The van der Waals surface area contributed by atoms with Crippen molar-refractivity contribution in [3.63, 3.8) is 0 Å². The molecule has 1 aromatic carbocycles. The lowest BCUT2D eigenvalue weighted by Crippen LogP contribution is -2.44. The van der Waals surface area contributed by atoms with Crippen LogP contribution in [0.3, 0.4) is 0 Å². The van der Waals surface area contributed by atoms with Gasteiger partial charge < -0.3 is 14.2 Å². The Kier molecular flexibility index (Phi) is 4.08. The summed E-state index contributed by atoms with van der Waals surface area (Å²) >= 11 is 0. The Labute approximate surface area is 121 Å². The van der Waals surface area contributed by atoms with E-state index in [9.17, 15) is 0 Å². The van der Waals surface area contributed by atoms with Gasteiger partial charge in [0.25, 0.3) is 0 Å². The molecule has 0 N–H and O–H groups in total. The molecule has 0 saturated carbocycles. The molecule has 3 heteroatoms. The summed E-state index contributed by atoms with van der Waals surface area (Å²) in [7, 11) is 2.20. The number of rotatable bonds is 4. The summed E-state index contributed by atoms with van der Waals surface area (Å²) in [5.41, 5.74) is 2.35. The zero-order valence-corrected chi connectivity index (χ0v) is 12.6. The number of benzene rings is 1. The van der Waals surface area contributed by atoms with Crippen molar-refractivity contribution in [2.45, 2.75) is 19.8 Å². The molecule has 0 bridgehead atoms. The molecular weight excluding hydrogens is 248 g/mol. The van der Waals surface area contributed by atoms with Crippen LogP contribution in [0.1, 0.15) is 17.7 Å². The lowest BCUT2D eigenvalue weighted by atomic mass is 10.1. The molecule has 0 unspecified atom stereocenters. The lowest BCUT2D eigenvalue weighted by molar-refractivity contribution is 0.152. The number of nitrogens with zero attached hydrogens (tertiary/aromatic N) is 2. The second-order valence-electron chi connectivity index (χ2n) is 5.89. The normalized spacial score (nSPS) is 17.9. The molecule has 1 fully saturated rings. The minimum atomic E-state index is 1.03.